The van der Waals surface area contributed by atoms with E-state index in [0.29, 0.717) is 5.78 Å². The second-order valence-electron chi connectivity index (χ2n) is 3.62. The molecule has 1 unspecified atom stereocenters. The van der Waals surface area contributed by atoms with Gasteiger partial charge in [0, 0.05) is 24.7 Å². The SMILES string of the molecule is O=C1CCCC1Cc1ccncc1. The lowest BCUT2D eigenvalue weighted by Gasteiger charge is -2.06. The van der Waals surface area contributed by atoms with Crippen LogP contribution in [-0.2, 0) is 11.2 Å². The van der Waals surface area contributed by atoms with Crippen molar-refractivity contribution in [1.82, 2.24) is 4.98 Å². The van der Waals surface area contributed by atoms with Crippen LogP contribution in [0.2, 0.25) is 0 Å². The molecule has 1 fully saturated rings. The molecule has 0 spiro atoms. The Kier molecular flexibility index (Phi) is 2.39. The second kappa shape index (κ2) is 3.69. The van der Waals surface area contributed by atoms with Gasteiger partial charge in [-0.3, -0.25) is 9.78 Å². The Morgan fingerprint density at radius 2 is 2.15 bits per heavy atom. The van der Waals surface area contributed by atoms with E-state index in [2.05, 4.69) is 4.98 Å². The zero-order valence-electron chi connectivity index (χ0n) is 7.57. The summed E-state index contributed by atoms with van der Waals surface area (Å²) in [5.74, 6) is 0.721. The van der Waals surface area contributed by atoms with Crippen LogP contribution in [0.5, 0.6) is 0 Å². The standard InChI is InChI=1S/C11H13NO/c13-11-3-1-2-10(11)8-9-4-6-12-7-5-9/h4-7,10H,1-3,8H2. The Balaban J connectivity index is 2.02. The van der Waals surface area contributed by atoms with E-state index in [1.165, 1.54) is 5.56 Å². The molecule has 1 atom stereocenters. The average molecular weight is 175 g/mol. The van der Waals surface area contributed by atoms with Crippen molar-refractivity contribution in [3.8, 4) is 0 Å². The molecule has 2 rings (SSSR count). The summed E-state index contributed by atoms with van der Waals surface area (Å²) >= 11 is 0. The molecule has 0 aliphatic heterocycles. The molecule has 0 N–H and O–H groups in total. The lowest BCUT2D eigenvalue weighted by atomic mass is 9.98. The molecule has 1 aliphatic rings. The highest BCUT2D eigenvalue weighted by Gasteiger charge is 2.23. The van der Waals surface area contributed by atoms with E-state index in [1.54, 1.807) is 12.4 Å². The first kappa shape index (κ1) is 8.42. The van der Waals surface area contributed by atoms with Gasteiger partial charge in [0.25, 0.3) is 0 Å². The molecule has 68 valence electrons. The predicted octanol–water partition coefficient (Wildman–Crippen LogP) is 1.99. The fraction of sp³-hybridized carbons (Fsp3) is 0.455. The maximum atomic E-state index is 11.4. The Morgan fingerprint density at radius 1 is 1.38 bits per heavy atom. The lowest BCUT2D eigenvalue weighted by Crippen LogP contribution is -2.09. The maximum absolute atomic E-state index is 11.4. The van der Waals surface area contributed by atoms with Crippen LogP contribution < -0.4 is 0 Å². The molecule has 1 aliphatic carbocycles. The monoisotopic (exact) mass is 175 g/mol. The third-order valence-corrected chi connectivity index (χ3v) is 2.66. The van der Waals surface area contributed by atoms with Gasteiger partial charge in [-0.15, -0.1) is 0 Å². The first-order valence-corrected chi connectivity index (χ1v) is 4.78. The zero-order chi connectivity index (χ0) is 9.10. The molecule has 1 aromatic rings. The number of carbonyl (C=O) groups is 1. The van der Waals surface area contributed by atoms with Crippen molar-refractivity contribution in [1.29, 1.82) is 0 Å². The van der Waals surface area contributed by atoms with Gasteiger partial charge in [-0.25, -0.2) is 0 Å². The van der Waals surface area contributed by atoms with Crippen molar-refractivity contribution >= 4 is 5.78 Å². The summed E-state index contributed by atoms with van der Waals surface area (Å²) in [6, 6.07) is 3.98. The van der Waals surface area contributed by atoms with Crippen LogP contribution in [0.1, 0.15) is 24.8 Å². The molecule has 1 aromatic heterocycles. The van der Waals surface area contributed by atoms with E-state index in [0.717, 1.165) is 25.7 Å². The van der Waals surface area contributed by atoms with Crippen molar-refractivity contribution in [3.63, 3.8) is 0 Å². The van der Waals surface area contributed by atoms with Gasteiger partial charge in [-0.1, -0.05) is 0 Å². The van der Waals surface area contributed by atoms with Crippen LogP contribution in [0.3, 0.4) is 0 Å². The van der Waals surface area contributed by atoms with Crippen molar-refractivity contribution in [2.45, 2.75) is 25.7 Å². The highest BCUT2D eigenvalue weighted by molar-refractivity contribution is 5.83. The molecular formula is C11H13NO. The minimum atomic E-state index is 0.280. The minimum Gasteiger partial charge on any atom is -0.299 e. The fourth-order valence-electron chi connectivity index (χ4n) is 1.91. The minimum absolute atomic E-state index is 0.280. The van der Waals surface area contributed by atoms with Crippen molar-refractivity contribution in [2.75, 3.05) is 0 Å². The van der Waals surface area contributed by atoms with Gasteiger partial charge in [0.15, 0.2) is 0 Å². The van der Waals surface area contributed by atoms with Gasteiger partial charge < -0.3 is 0 Å². The second-order valence-corrected chi connectivity index (χ2v) is 3.62. The molecule has 2 heteroatoms. The first-order valence-electron chi connectivity index (χ1n) is 4.78. The van der Waals surface area contributed by atoms with E-state index in [9.17, 15) is 4.79 Å². The largest absolute Gasteiger partial charge is 0.299 e. The van der Waals surface area contributed by atoms with E-state index in [1.807, 2.05) is 12.1 Å². The lowest BCUT2D eigenvalue weighted by molar-refractivity contribution is -0.120. The molecule has 2 nitrogen and oxygen atoms in total. The van der Waals surface area contributed by atoms with Crippen LogP contribution in [-0.4, -0.2) is 10.8 Å². The number of ketones is 1. The zero-order valence-corrected chi connectivity index (χ0v) is 7.57. The maximum Gasteiger partial charge on any atom is 0.136 e. The number of rotatable bonds is 2. The Morgan fingerprint density at radius 3 is 2.77 bits per heavy atom. The summed E-state index contributed by atoms with van der Waals surface area (Å²) < 4.78 is 0. The van der Waals surface area contributed by atoms with Gasteiger partial charge in [0.05, 0.1) is 0 Å². The van der Waals surface area contributed by atoms with Crippen molar-refractivity contribution in [3.05, 3.63) is 30.1 Å². The normalized spacial score (nSPS) is 22.2. The summed E-state index contributed by atoms with van der Waals surface area (Å²) in [4.78, 5) is 15.3. The summed E-state index contributed by atoms with van der Waals surface area (Å²) in [6.07, 6.45) is 7.41. The van der Waals surface area contributed by atoms with E-state index >= 15 is 0 Å². The van der Waals surface area contributed by atoms with Crippen molar-refractivity contribution < 1.29 is 4.79 Å². The molecule has 0 radical (unpaired) electrons. The number of carbonyl (C=O) groups excluding carboxylic acids is 1. The first-order chi connectivity index (χ1) is 6.36. The quantitative estimate of drug-likeness (QED) is 0.688. The molecule has 0 amide bonds. The Labute approximate surface area is 78.0 Å². The van der Waals surface area contributed by atoms with Crippen LogP contribution in [0.25, 0.3) is 0 Å². The summed E-state index contributed by atoms with van der Waals surface area (Å²) in [6.45, 7) is 0. The van der Waals surface area contributed by atoms with Crippen molar-refractivity contribution in [2.24, 2.45) is 5.92 Å². The van der Waals surface area contributed by atoms with Gasteiger partial charge in [0.2, 0.25) is 0 Å². The highest BCUT2D eigenvalue weighted by Crippen LogP contribution is 2.24. The molecule has 13 heavy (non-hydrogen) atoms. The molecular weight excluding hydrogens is 162 g/mol. The fourth-order valence-corrected chi connectivity index (χ4v) is 1.91. The van der Waals surface area contributed by atoms with E-state index < -0.39 is 0 Å². The van der Waals surface area contributed by atoms with Crippen LogP contribution in [0, 0.1) is 5.92 Å². The van der Waals surface area contributed by atoms with E-state index in [-0.39, 0.29) is 5.92 Å². The topological polar surface area (TPSA) is 30.0 Å². The Hall–Kier alpha value is -1.18. The van der Waals surface area contributed by atoms with Gasteiger partial charge in [-0.2, -0.15) is 0 Å². The third-order valence-electron chi connectivity index (χ3n) is 2.66. The molecule has 1 saturated carbocycles. The number of aromatic nitrogens is 1. The number of hydrogen-bond donors (Lipinski definition) is 0. The molecule has 0 bridgehead atoms. The highest BCUT2D eigenvalue weighted by atomic mass is 16.1. The predicted molar refractivity (Wildman–Crippen MR) is 50.3 cm³/mol. The number of Topliss-reactive ketones (excluding diaryl/α,β-unsaturated/α-hetero) is 1. The summed E-state index contributed by atoms with van der Waals surface area (Å²) in [5, 5.41) is 0. The van der Waals surface area contributed by atoms with Crippen LogP contribution >= 0.6 is 0 Å². The van der Waals surface area contributed by atoms with E-state index in [4.69, 9.17) is 0 Å². The van der Waals surface area contributed by atoms with Gasteiger partial charge in [-0.05, 0) is 37.0 Å². The molecule has 0 aromatic carbocycles. The summed E-state index contributed by atoms with van der Waals surface area (Å²) in [5.41, 5.74) is 1.23. The number of pyridine rings is 1. The smallest absolute Gasteiger partial charge is 0.136 e. The van der Waals surface area contributed by atoms with Crippen LogP contribution in [0.4, 0.5) is 0 Å². The number of hydrogen-bond acceptors (Lipinski definition) is 2. The Bertz CT molecular complexity index is 294. The molecule has 0 saturated heterocycles. The van der Waals surface area contributed by atoms with Gasteiger partial charge >= 0.3 is 0 Å². The van der Waals surface area contributed by atoms with Crippen LogP contribution in [0.15, 0.2) is 24.5 Å². The van der Waals surface area contributed by atoms with Gasteiger partial charge in [0.1, 0.15) is 5.78 Å². The third kappa shape index (κ3) is 1.94. The average Bonchev–Trinajstić information content (AvgIpc) is 2.54. The molecule has 1 heterocycles. The number of nitrogens with zero attached hydrogens (tertiary/aromatic N) is 1. The summed E-state index contributed by atoms with van der Waals surface area (Å²) in [7, 11) is 0.